The maximum absolute atomic E-state index is 6.29. The smallest absolute Gasteiger partial charge is 0.122 e. The SMILES string of the molecule is c1ccc(C(Cc2ccccc2OCCN2CCCCC2)N2CCNCC2)cc1. The molecule has 0 aromatic heterocycles. The fraction of sp³-hybridized carbons (Fsp3) is 0.520. The van der Waals surface area contributed by atoms with E-state index in [1.807, 2.05) is 0 Å². The Morgan fingerprint density at radius 1 is 0.828 bits per heavy atom. The largest absolute Gasteiger partial charge is 0.492 e. The van der Waals surface area contributed by atoms with Gasteiger partial charge in [0.25, 0.3) is 0 Å². The third-order valence-corrected chi connectivity index (χ3v) is 6.28. The second-order valence-electron chi connectivity index (χ2n) is 8.28. The summed E-state index contributed by atoms with van der Waals surface area (Å²) in [6, 6.07) is 20.0. The summed E-state index contributed by atoms with van der Waals surface area (Å²) < 4.78 is 6.29. The number of hydrogen-bond acceptors (Lipinski definition) is 4. The number of rotatable bonds is 8. The molecule has 4 nitrogen and oxygen atoms in total. The second-order valence-corrected chi connectivity index (χ2v) is 8.28. The van der Waals surface area contributed by atoms with Gasteiger partial charge in [0.05, 0.1) is 0 Å². The van der Waals surface area contributed by atoms with Crippen LogP contribution in [0.3, 0.4) is 0 Å². The standard InChI is InChI=1S/C25H35N3O/c1-3-9-22(10-4-1)24(28-17-13-26-14-18-28)21-23-11-5-6-12-25(23)29-20-19-27-15-7-2-8-16-27/h1,3-6,9-12,24,26H,2,7-8,13-21H2. The maximum atomic E-state index is 6.29. The molecule has 0 saturated carbocycles. The van der Waals surface area contributed by atoms with Crippen molar-refractivity contribution in [3.63, 3.8) is 0 Å². The van der Waals surface area contributed by atoms with Gasteiger partial charge in [-0.25, -0.2) is 0 Å². The molecule has 0 spiro atoms. The Labute approximate surface area is 175 Å². The fourth-order valence-corrected chi connectivity index (χ4v) is 4.62. The Kier molecular flexibility index (Phi) is 7.57. The lowest BCUT2D eigenvalue weighted by molar-refractivity contribution is 0.168. The number of nitrogens with zero attached hydrogens (tertiary/aromatic N) is 2. The minimum atomic E-state index is 0.394. The number of benzene rings is 2. The van der Waals surface area contributed by atoms with Crippen molar-refractivity contribution in [1.29, 1.82) is 0 Å². The first-order chi connectivity index (χ1) is 14.4. The van der Waals surface area contributed by atoms with Gasteiger partial charge in [0, 0.05) is 38.8 Å². The van der Waals surface area contributed by atoms with Crippen molar-refractivity contribution in [1.82, 2.24) is 15.1 Å². The number of para-hydroxylation sites is 1. The number of piperidine rings is 1. The van der Waals surface area contributed by atoms with E-state index in [4.69, 9.17) is 4.74 Å². The molecular formula is C25H35N3O. The average molecular weight is 394 g/mol. The minimum Gasteiger partial charge on any atom is -0.492 e. The van der Waals surface area contributed by atoms with Crippen molar-refractivity contribution < 1.29 is 4.74 Å². The summed E-state index contributed by atoms with van der Waals surface area (Å²) in [7, 11) is 0. The summed E-state index contributed by atoms with van der Waals surface area (Å²) >= 11 is 0. The van der Waals surface area contributed by atoms with Gasteiger partial charge in [-0.05, 0) is 49.5 Å². The van der Waals surface area contributed by atoms with Crippen LogP contribution in [0.4, 0.5) is 0 Å². The van der Waals surface area contributed by atoms with Crippen LogP contribution >= 0.6 is 0 Å². The molecular weight excluding hydrogens is 358 g/mol. The van der Waals surface area contributed by atoms with Gasteiger partial charge in [0.1, 0.15) is 12.4 Å². The quantitative estimate of drug-likeness (QED) is 0.739. The van der Waals surface area contributed by atoms with Crippen LogP contribution < -0.4 is 10.1 Å². The van der Waals surface area contributed by atoms with Gasteiger partial charge in [-0.1, -0.05) is 55.0 Å². The van der Waals surface area contributed by atoms with E-state index in [2.05, 4.69) is 69.7 Å². The van der Waals surface area contributed by atoms with E-state index in [1.165, 1.54) is 43.5 Å². The van der Waals surface area contributed by atoms with Crippen LogP contribution in [-0.2, 0) is 6.42 Å². The molecule has 0 aliphatic carbocycles. The zero-order valence-corrected chi connectivity index (χ0v) is 17.6. The van der Waals surface area contributed by atoms with Gasteiger partial charge in [0.2, 0.25) is 0 Å². The monoisotopic (exact) mass is 393 g/mol. The average Bonchev–Trinajstić information content (AvgIpc) is 2.80. The lowest BCUT2D eigenvalue weighted by Crippen LogP contribution is -2.45. The van der Waals surface area contributed by atoms with E-state index in [1.54, 1.807) is 0 Å². The predicted molar refractivity (Wildman–Crippen MR) is 120 cm³/mol. The van der Waals surface area contributed by atoms with E-state index in [9.17, 15) is 0 Å². The highest BCUT2D eigenvalue weighted by Crippen LogP contribution is 2.29. The number of nitrogens with one attached hydrogen (secondary N) is 1. The lowest BCUT2D eigenvalue weighted by atomic mass is 9.96. The third-order valence-electron chi connectivity index (χ3n) is 6.28. The van der Waals surface area contributed by atoms with Crippen molar-refractivity contribution in [2.24, 2.45) is 0 Å². The number of ether oxygens (including phenoxy) is 1. The summed E-state index contributed by atoms with van der Waals surface area (Å²) in [5.41, 5.74) is 2.72. The van der Waals surface area contributed by atoms with Crippen LogP contribution in [0.1, 0.15) is 36.4 Å². The van der Waals surface area contributed by atoms with Crippen molar-refractivity contribution in [2.75, 3.05) is 52.4 Å². The van der Waals surface area contributed by atoms with Crippen LogP contribution in [0.25, 0.3) is 0 Å². The van der Waals surface area contributed by atoms with Crippen molar-refractivity contribution >= 4 is 0 Å². The Bertz CT molecular complexity index is 724. The number of hydrogen-bond donors (Lipinski definition) is 1. The fourth-order valence-electron chi connectivity index (χ4n) is 4.62. The van der Waals surface area contributed by atoms with Crippen molar-refractivity contribution in [2.45, 2.75) is 31.7 Å². The van der Waals surface area contributed by atoms with E-state index in [0.29, 0.717) is 6.04 Å². The molecule has 0 radical (unpaired) electrons. The Balaban J connectivity index is 1.44. The highest BCUT2D eigenvalue weighted by molar-refractivity contribution is 5.35. The zero-order valence-electron chi connectivity index (χ0n) is 17.6. The van der Waals surface area contributed by atoms with Gasteiger partial charge in [-0.15, -0.1) is 0 Å². The first-order valence-electron chi connectivity index (χ1n) is 11.3. The second kappa shape index (κ2) is 10.8. The molecule has 2 aromatic rings. The molecule has 1 unspecified atom stereocenters. The predicted octanol–water partition coefficient (Wildman–Crippen LogP) is 3.74. The zero-order chi connectivity index (χ0) is 19.7. The molecule has 2 aromatic carbocycles. The van der Waals surface area contributed by atoms with E-state index in [-0.39, 0.29) is 0 Å². The van der Waals surface area contributed by atoms with Crippen LogP contribution in [-0.4, -0.2) is 62.2 Å². The molecule has 1 atom stereocenters. The molecule has 2 fully saturated rings. The van der Waals surface area contributed by atoms with Gasteiger partial charge < -0.3 is 10.1 Å². The molecule has 4 rings (SSSR count). The van der Waals surface area contributed by atoms with E-state index >= 15 is 0 Å². The molecule has 0 bridgehead atoms. The van der Waals surface area contributed by atoms with Crippen LogP contribution in [0.15, 0.2) is 54.6 Å². The molecule has 0 amide bonds. The normalized spacial score (nSPS) is 19.7. The van der Waals surface area contributed by atoms with Gasteiger partial charge in [-0.2, -0.15) is 0 Å². The van der Waals surface area contributed by atoms with Crippen molar-refractivity contribution in [3.8, 4) is 5.75 Å². The minimum absolute atomic E-state index is 0.394. The van der Waals surface area contributed by atoms with Crippen LogP contribution in [0.2, 0.25) is 0 Å². The molecule has 2 aliphatic rings. The lowest BCUT2D eigenvalue weighted by Gasteiger charge is -2.35. The van der Waals surface area contributed by atoms with Gasteiger partial charge in [0.15, 0.2) is 0 Å². The molecule has 156 valence electrons. The van der Waals surface area contributed by atoms with Gasteiger partial charge >= 0.3 is 0 Å². The summed E-state index contributed by atoms with van der Waals surface area (Å²) in [6.45, 7) is 8.59. The van der Waals surface area contributed by atoms with Gasteiger partial charge in [-0.3, -0.25) is 9.80 Å². The van der Waals surface area contributed by atoms with Crippen molar-refractivity contribution in [3.05, 3.63) is 65.7 Å². The summed E-state index contributed by atoms with van der Waals surface area (Å²) in [4.78, 5) is 5.16. The Morgan fingerprint density at radius 3 is 2.34 bits per heavy atom. The third kappa shape index (κ3) is 5.81. The highest BCUT2D eigenvalue weighted by atomic mass is 16.5. The maximum Gasteiger partial charge on any atom is 0.122 e. The summed E-state index contributed by atoms with van der Waals surface area (Å²) in [5, 5.41) is 3.48. The van der Waals surface area contributed by atoms with E-state index < -0.39 is 0 Å². The number of likely N-dealkylation sites (tertiary alicyclic amines) is 1. The molecule has 2 aliphatic heterocycles. The Morgan fingerprint density at radius 2 is 1.55 bits per heavy atom. The van der Waals surface area contributed by atoms with Crippen LogP contribution in [0, 0.1) is 0 Å². The highest BCUT2D eigenvalue weighted by Gasteiger charge is 2.23. The molecule has 1 N–H and O–H groups in total. The summed E-state index contributed by atoms with van der Waals surface area (Å²) in [6.07, 6.45) is 5.04. The molecule has 2 saturated heterocycles. The summed E-state index contributed by atoms with van der Waals surface area (Å²) in [5.74, 6) is 1.06. The first-order valence-corrected chi connectivity index (χ1v) is 11.3. The first kappa shape index (κ1) is 20.4. The Hall–Kier alpha value is -1.88. The molecule has 4 heteroatoms. The molecule has 29 heavy (non-hydrogen) atoms. The topological polar surface area (TPSA) is 27.7 Å². The molecule has 2 heterocycles. The number of piperazine rings is 1. The van der Waals surface area contributed by atoms with E-state index in [0.717, 1.165) is 51.5 Å². The van der Waals surface area contributed by atoms with Crippen LogP contribution in [0.5, 0.6) is 5.75 Å².